The minimum atomic E-state index is 0.468. The molecule has 3 rings (SSSR count). The number of allylic oxidation sites excluding steroid dienone is 10. The Labute approximate surface area is 253 Å². The average Bonchev–Trinajstić information content (AvgIpc) is 3.21. The molecule has 41 heavy (non-hydrogen) atoms. The van der Waals surface area contributed by atoms with Gasteiger partial charge in [-0.1, -0.05) is 144 Å². The maximum Gasteiger partial charge on any atom is 0.0388 e. The third kappa shape index (κ3) is 12.7. The second kappa shape index (κ2) is 20.1. The van der Waals surface area contributed by atoms with Gasteiger partial charge in [-0.2, -0.15) is 0 Å². The molecule has 224 valence electrons. The molecule has 1 aromatic carbocycles. The summed E-state index contributed by atoms with van der Waals surface area (Å²) in [6.07, 6.45) is 28.7. The zero-order chi connectivity index (χ0) is 29.9. The molecule has 0 spiro atoms. The smallest absolute Gasteiger partial charge is 0.0388 e. The van der Waals surface area contributed by atoms with Crippen LogP contribution in [-0.4, -0.2) is 31.1 Å². The Kier molecular flexibility index (Phi) is 16.8. The highest BCUT2D eigenvalue weighted by Gasteiger charge is 2.18. The first-order valence-electron chi connectivity index (χ1n) is 16.2. The second-order valence-electron chi connectivity index (χ2n) is 11.7. The number of hydrogen-bond donors (Lipinski definition) is 1. The first-order valence-corrected chi connectivity index (χ1v) is 16.2. The third-order valence-electron chi connectivity index (χ3n) is 8.15. The van der Waals surface area contributed by atoms with Gasteiger partial charge in [0, 0.05) is 24.2 Å². The van der Waals surface area contributed by atoms with Crippen molar-refractivity contribution >= 4 is 0 Å². The Balaban J connectivity index is 0.000000317. The molecule has 2 unspecified atom stereocenters. The minimum Gasteiger partial charge on any atom is -0.381 e. The highest BCUT2D eigenvalue weighted by Crippen LogP contribution is 2.29. The fraction of sp³-hybridized carbons (Fsp3) is 0.487. The molecule has 2 nitrogen and oxygen atoms in total. The Bertz CT molecular complexity index is 1050. The Morgan fingerprint density at radius 3 is 2.41 bits per heavy atom. The van der Waals surface area contributed by atoms with Crippen molar-refractivity contribution in [2.45, 2.75) is 97.4 Å². The van der Waals surface area contributed by atoms with Crippen molar-refractivity contribution < 1.29 is 0 Å². The quantitative estimate of drug-likeness (QED) is 0.230. The van der Waals surface area contributed by atoms with Gasteiger partial charge in [-0.25, -0.2) is 0 Å². The van der Waals surface area contributed by atoms with E-state index in [1.54, 1.807) is 0 Å². The van der Waals surface area contributed by atoms with E-state index in [9.17, 15) is 0 Å². The lowest BCUT2D eigenvalue weighted by Gasteiger charge is -2.31. The molecular weight excluding hydrogens is 496 g/mol. The monoisotopic (exact) mass is 554 g/mol. The number of hydrogen-bond acceptors (Lipinski definition) is 2. The van der Waals surface area contributed by atoms with Crippen molar-refractivity contribution in [3.8, 4) is 0 Å². The predicted molar refractivity (Wildman–Crippen MR) is 183 cm³/mol. The molecule has 1 fully saturated rings. The van der Waals surface area contributed by atoms with Crippen molar-refractivity contribution in [3.63, 3.8) is 0 Å². The molecule has 2 heteroatoms. The van der Waals surface area contributed by atoms with Crippen LogP contribution in [-0.2, 0) is 0 Å². The molecule has 2 atom stereocenters. The average molecular weight is 555 g/mol. The van der Waals surface area contributed by atoms with Gasteiger partial charge in [0.15, 0.2) is 0 Å². The number of likely N-dealkylation sites (tertiary alicyclic amines) is 1. The fourth-order valence-corrected chi connectivity index (χ4v) is 6.12. The fourth-order valence-electron chi connectivity index (χ4n) is 6.12. The summed E-state index contributed by atoms with van der Waals surface area (Å²) >= 11 is 0. The van der Waals surface area contributed by atoms with Crippen LogP contribution in [0.1, 0.15) is 97.0 Å². The van der Waals surface area contributed by atoms with Crippen molar-refractivity contribution in [1.29, 1.82) is 0 Å². The molecule has 1 N–H and O–H groups in total. The molecule has 0 saturated carbocycles. The van der Waals surface area contributed by atoms with Gasteiger partial charge in [-0.05, 0) is 75.2 Å². The molecule has 0 amide bonds. The molecule has 0 radical (unpaired) electrons. The minimum absolute atomic E-state index is 0.468. The third-order valence-corrected chi connectivity index (χ3v) is 8.15. The van der Waals surface area contributed by atoms with E-state index in [1.165, 1.54) is 73.8 Å². The van der Waals surface area contributed by atoms with Crippen LogP contribution in [0.5, 0.6) is 0 Å². The first-order chi connectivity index (χ1) is 19.9. The largest absolute Gasteiger partial charge is 0.381 e. The SMILES string of the molecule is C=C(NC1CCCN(C)C1)C1=CCC=C(CC(CCC)CCC)C=C1.C=C/C=C(\C=C/C)C(CC)c1ccccc1. The van der Waals surface area contributed by atoms with Crippen LogP contribution in [0.2, 0.25) is 0 Å². The maximum atomic E-state index is 4.31. The zero-order valence-electron chi connectivity index (χ0n) is 26.9. The van der Waals surface area contributed by atoms with Crippen LogP contribution >= 0.6 is 0 Å². The molecule has 0 bridgehead atoms. The standard InChI is InChI=1S/C23H38N2.C16H20/c1-5-9-20(10-6-2)17-21-11-7-12-22(15-14-21)19(3)24-23-13-8-16-25(4)18-23;1-4-10-14(11-5-2)16(6-3)15-12-8-7-9-13-15/h11-12,14-15,20,23-24H,3,5-10,13,16-18H2,1-2,4H3;4-5,7-13,16H,1,6H2,2-3H3/b;11-5-,14-10+. The van der Waals surface area contributed by atoms with Gasteiger partial charge in [0.05, 0.1) is 0 Å². The Hall–Kier alpha value is -2.84. The lowest BCUT2D eigenvalue weighted by atomic mass is 9.88. The molecular formula is C39H58N2. The van der Waals surface area contributed by atoms with Gasteiger partial charge in [-0.3, -0.25) is 0 Å². The number of nitrogens with zero attached hydrogens (tertiary/aromatic N) is 1. The summed E-state index contributed by atoms with van der Waals surface area (Å²) in [6, 6.07) is 11.2. The van der Waals surface area contributed by atoms with Gasteiger partial charge < -0.3 is 10.2 Å². The normalized spacial score (nSPS) is 18.7. The molecule has 1 heterocycles. The molecule has 1 saturated heterocycles. The van der Waals surface area contributed by atoms with Crippen LogP contribution in [0.15, 0.2) is 115 Å². The molecule has 2 aliphatic rings. The summed E-state index contributed by atoms with van der Waals surface area (Å²) in [5, 5.41) is 3.66. The van der Waals surface area contributed by atoms with E-state index in [1.807, 2.05) is 6.08 Å². The van der Waals surface area contributed by atoms with Gasteiger partial charge in [-0.15, -0.1) is 0 Å². The van der Waals surface area contributed by atoms with E-state index in [4.69, 9.17) is 0 Å². The van der Waals surface area contributed by atoms with E-state index < -0.39 is 0 Å². The number of benzene rings is 1. The Morgan fingerprint density at radius 2 is 1.80 bits per heavy atom. The zero-order valence-corrected chi connectivity index (χ0v) is 26.9. The molecule has 1 aromatic rings. The second-order valence-corrected chi connectivity index (χ2v) is 11.7. The molecule has 0 aromatic heterocycles. The summed E-state index contributed by atoms with van der Waals surface area (Å²) in [5.41, 5.74) is 6.55. The van der Waals surface area contributed by atoms with Crippen molar-refractivity contribution in [2.75, 3.05) is 20.1 Å². The van der Waals surface area contributed by atoms with Crippen LogP contribution in [0.3, 0.4) is 0 Å². The van der Waals surface area contributed by atoms with E-state index in [-0.39, 0.29) is 0 Å². The van der Waals surface area contributed by atoms with E-state index in [0.717, 1.165) is 31.0 Å². The number of nitrogens with one attached hydrogen (secondary N) is 1. The highest BCUT2D eigenvalue weighted by molar-refractivity contribution is 5.42. The van der Waals surface area contributed by atoms with E-state index in [0.29, 0.717) is 12.0 Å². The van der Waals surface area contributed by atoms with Gasteiger partial charge in [0.25, 0.3) is 0 Å². The van der Waals surface area contributed by atoms with Crippen molar-refractivity contribution in [3.05, 3.63) is 120 Å². The van der Waals surface area contributed by atoms with Gasteiger partial charge in [0.2, 0.25) is 0 Å². The summed E-state index contributed by atoms with van der Waals surface area (Å²) in [7, 11) is 2.21. The summed E-state index contributed by atoms with van der Waals surface area (Å²) in [4.78, 5) is 2.41. The van der Waals surface area contributed by atoms with Crippen LogP contribution < -0.4 is 5.32 Å². The molecule has 1 aliphatic heterocycles. The summed E-state index contributed by atoms with van der Waals surface area (Å²) < 4.78 is 0. The topological polar surface area (TPSA) is 15.3 Å². The van der Waals surface area contributed by atoms with Gasteiger partial charge in [0.1, 0.15) is 0 Å². The summed E-state index contributed by atoms with van der Waals surface area (Å²) in [5.74, 6) is 1.31. The van der Waals surface area contributed by atoms with E-state index in [2.05, 4.69) is 131 Å². The predicted octanol–water partition coefficient (Wildman–Crippen LogP) is 10.5. The van der Waals surface area contributed by atoms with Gasteiger partial charge >= 0.3 is 0 Å². The highest BCUT2D eigenvalue weighted by atomic mass is 15.1. The summed E-state index contributed by atoms with van der Waals surface area (Å²) in [6.45, 7) is 19.3. The Morgan fingerprint density at radius 1 is 1.07 bits per heavy atom. The number of piperidine rings is 1. The number of rotatable bonds is 14. The maximum absolute atomic E-state index is 4.31. The molecule has 1 aliphatic carbocycles. The lowest BCUT2D eigenvalue weighted by Crippen LogP contribution is -2.43. The van der Waals surface area contributed by atoms with E-state index >= 15 is 0 Å². The van der Waals surface area contributed by atoms with Crippen LogP contribution in [0.25, 0.3) is 0 Å². The number of likely N-dealkylation sites (N-methyl/N-ethyl adjacent to an activating group) is 1. The lowest BCUT2D eigenvalue weighted by molar-refractivity contribution is 0.235. The van der Waals surface area contributed by atoms with Crippen LogP contribution in [0.4, 0.5) is 0 Å². The van der Waals surface area contributed by atoms with Crippen LogP contribution in [0, 0.1) is 5.92 Å². The van der Waals surface area contributed by atoms with Crippen molar-refractivity contribution in [2.24, 2.45) is 5.92 Å². The first kappa shape index (κ1) is 34.4. The van der Waals surface area contributed by atoms with Crippen molar-refractivity contribution in [1.82, 2.24) is 10.2 Å².